The number of benzene rings is 1. The maximum Gasteiger partial charge on any atom is 0.417 e. The molecule has 2 aliphatic heterocycles. The summed E-state index contributed by atoms with van der Waals surface area (Å²) in [7, 11) is 3.48. The minimum Gasteiger partial charge on any atom is -0.481 e. The number of hydrogen-bond acceptors (Lipinski definition) is 8. The van der Waals surface area contributed by atoms with Crippen LogP contribution in [0.15, 0.2) is 47.7 Å². The molecule has 1 saturated heterocycles. The predicted molar refractivity (Wildman–Crippen MR) is 159 cm³/mol. The number of alkyl halides is 3. The normalized spacial score (nSPS) is 19.5. The summed E-state index contributed by atoms with van der Waals surface area (Å²) in [5.41, 5.74) is -1.80. The van der Waals surface area contributed by atoms with E-state index >= 15 is 4.39 Å². The highest BCUT2D eigenvalue weighted by Gasteiger charge is 2.36. The summed E-state index contributed by atoms with van der Waals surface area (Å²) in [6.07, 6.45) is -0.367. The second-order valence-electron chi connectivity index (χ2n) is 11.1. The molecular weight excluding hydrogens is 582 g/mol. The molecule has 0 unspecified atom stereocenters. The number of amides is 1. The van der Waals surface area contributed by atoms with Crippen LogP contribution in [0.1, 0.15) is 41.8 Å². The van der Waals surface area contributed by atoms with Crippen LogP contribution in [-0.4, -0.2) is 78.2 Å². The van der Waals surface area contributed by atoms with E-state index in [9.17, 15) is 22.8 Å². The van der Waals surface area contributed by atoms with E-state index in [-0.39, 0.29) is 29.9 Å². The average molecular weight is 616 g/mol. The molecule has 0 radical (unpaired) electrons. The van der Waals surface area contributed by atoms with Gasteiger partial charge in [0.05, 0.1) is 29.6 Å². The van der Waals surface area contributed by atoms with Crippen molar-refractivity contribution in [3.63, 3.8) is 0 Å². The fraction of sp³-hybridized carbons (Fsp3) is 0.400. The lowest BCUT2D eigenvalue weighted by atomic mass is 9.98. The van der Waals surface area contributed by atoms with E-state index in [1.165, 1.54) is 25.6 Å². The van der Waals surface area contributed by atoms with Gasteiger partial charge in [0.2, 0.25) is 11.4 Å². The van der Waals surface area contributed by atoms with Crippen LogP contribution in [0.3, 0.4) is 0 Å². The van der Waals surface area contributed by atoms with Gasteiger partial charge in [0, 0.05) is 62.2 Å². The molecule has 14 heteroatoms. The monoisotopic (exact) mass is 615 g/mol. The number of halogens is 4. The molecule has 10 nitrogen and oxygen atoms in total. The summed E-state index contributed by atoms with van der Waals surface area (Å²) in [5.74, 6) is -0.658. The fourth-order valence-corrected chi connectivity index (χ4v) is 5.60. The highest BCUT2D eigenvalue weighted by molar-refractivity contribution is 6.07. The summed E-state index contributed by atoms with van der Waals surface area (Å²) in [6, 6.07) is 4.97. The van der Waals surface area contributed by atoms with Gasteiger partial charge >= 0.3 is 6.18 Å². The highest BCUT2D eigenvalue weighted by atomic mass is 19.4. The van der Waals surface area contributed by atoms with Gasteiger partial charge < -0.3 is 24.8 Å². The number of rotatable bonds is 6. The number of methoxy groups -OCH3 is 1. The van der Waals surface area contributed by atoms with Crippen LogP contribution in [-0.2, 0) is 6.18 Å². The van der Waals surface area contributed by atoms with Crippen molar-refractivity contribution in [1.29, 1.82) is 0 Å². The Balaban J connectivity index is 1.55. The van der Waals surface area contributed by atoms with Crippen LogP contribution >= 0.6 is 0 Å². The lowest BCUT2D eigenvalue weighted by Gasteiger charge is -2.44. The number of anilines is 3. The van der Waals surface area contributed by atoms with Crippen molar-refractivity contribution in [2.75, 3.05) is 55.5 Å². The lowest BCUT2D eigenvalue weighted by Crippen LogP contribution is -2.55. The number of carbonyl (C=O) groups is 1. The number of nitrogens with zero attached hydrogens (tertiary/aromatic N) is 5. The zero-order chi connectivity index (χ0) is 31.8. The Morgan fingerprint density at radius 2 is 1.82 bits per heavy atom. The number of piperazine rings is 1. The molecule has 0 saturated carbocycles. The van der Waals surface area contributed by atoms with E-state index in [0.29, 0.717) is 55.1 Å². The number of H-pyrrole nitrogens is 1. The van der Waals surface area contributed by atoms with Gasteiger partial charge in [-0.1, -0.05) is 6.08 Å². The van der Waals surface area contributed by atoms with Crippen LogP contribution < -0.4 is 25.4 Å². The third kappa shape index (κ3) is 6.39. The largest absolute Gasteiger partial charge is 0.481 e. The Morgan fingerprint density at radius 3 is 2.50 bits per heavy atom. The van der Waals surface area contributed by atoms with Crippen molar-refractivity contribution < 1.29 is 27.1 Å². The van der Waals surface area contributed by atoms with Gasteiger partial charge in [-0.05, 0) is 45.0 Å². The molecule has 0 bridgehead atoms. The fourth-order valence-electron chi connectivity index (χ4n) is 5.60. The summed E-state index contributed by atoms with van der Waals surface area (Å²) in [5, 5.41) is 2.60. The van der Waals surface area contributed by atoms with Gasteiger partial charge in [0.25, 0.3) is 5.91 Å². The van der Waals surface area contributed by atoms with Crippen molar-refractivity contribution in [3.05, 3.63) is 75.7 Å². The predicted octanol–water partition coefficient (Wildman–Crippen LogP) is 4.41. The number of nitrogens with one attached hydrogen (secondary N) is 2. The number of aromatic amines is 1. The maximum absolute atomic E-state index is 16.0. The molecule has 1 fully saturated rings. The first-order valence-corrected chi connectivity index (χ1v) is 14.1. The molecule has 1 amide bonds. The van der Waals surface area contributed by atoms with Gasteiger partial charge in [0.1, 0.15) is 18.0 Å². The average Bonchev–Trinajstić information content (AvgIpc) is 2.99. The smallest absolute Gasteiger partial charge is 0.417 e. The van der Waals surface area contributed by atoms with E-state index in [1.54, 1.807) is 6.07 Å². The van der Waals surface area contributed by atoms with Crippen molar-refractivity contribution in [2.45, 2.75) is 38.5 Å². The Labute approximate surface area is 251 Å². The van der Waals surface area contributed by atoms with Crippen molar-refractivity contribution in [2.24, 2.45) is 0 Å². The van der Waals surface area contributed by atoms with E-state index in [2.05, 4.69) is 25.2 Å². The second kappa shape index (κ2) is 12.3. The number of hydrogen-bond donors (Lipinski definition) is 2. The summed E-state index contributed by atoms with van der Waals surface area (Å²) >= 11 is 0. The summed E-state index contributed by atoms with van der Waals surface area (Å²) < 4.78 is 62.5. The van der Waals surface area contributed by atoms with Gasteiger partial charge in [-0.15, -0.1) is 0 Å². The van der Waals surface area contributed by atoms with E-state index in [1.807, 2.05) is 36.8 Å². The Morgan fingerprint density at radius 1 is 1.09 bits per heavy atom. The number of carbonyl (C=O) groups excluding carboxylic acids is 1. The Hall–Kier alpha value is -4.46. The third-order valence-corrected chi connectivity index (χ3v) is 8.17. The molecule has 234 valence electrons. The van der Waals surface area contributed by atoms with Crippen LogP contribution in [0.25, 0.3) is 5.57 Å². The van der Waals surface area contributed by atoms with Crippen molar-refractivity contribution in [3.8, 4) is 5.88 Å². The molecule has 5 rings (SSSR count). The zero-order valence-corrected chi connectivity index (χ0v) is 24.7. The van der Waals surface area contributed by atoms with Crippen molar-refractivity contribution in [1.82, 2.24) is 19.9 Å². The molecule has 2 aromatic heterocycles. The SMILES string of the molecule is COc1cc(N2CCC=C(c3cc(NC(=O)c4c[nH]c(=O)cc4C(F)(F)F)c(N4C[C@@H](C)N(C)[C@@H](C)C4)cc3F)C2)ncn1. The van der Waals surface area contributed by atoms with E-state index in [0.717, 1.165) is 6.20 Å². The minimum absolute atomic E-state index is 0.0838. The van der Waals surface area contributed by atoms with Crippen LogP contribution in [0.5, 0.6) is 5.88 Å². The molecule has 44 heavy (non-hydrogen) atoms. The standard InChI is InChI=1S/C30H33F4N7O3/c1-17-13-41(14-18(2)39(17)3)25-10-23(31)20(19-6-5-7-40(15-19)26-11-28(44-4)37-16-36-26)8-24(25)38-29(43)21-12-35-27(42)9-22(21)30(32,33)34/h6,8-12,16-18H,5,7,13-15H2,1-4H3,(H,35,42)(H,38,43)/t17-,18+. The third-order valence-electron chi connectivity index (χ3n) is 8.17. The molecule has 2 N–H and O–H groups in total. The zero-order valence-electron chi connectivity index (χ0n) is 24.7. The molecule has 3 aromatic rings. The van der Waals surface area contributed by atoms with Gasteiger partial charge in [-0.25, -0.2) is 14.4 Å². The number of pyridine rings is 1. The van der Waals surface area contributed by atoms with Gasteiger partial charge in [0.15, 0.2) is 0 Å². The lowest BCUT2D eigenvalue weighted by molar-refractivity contribution is -0.138. The molecule has 1 aromatic carbocycles. The molecular formula is C30H33F4N7O3. The van der Waals surface area contributed by atoms with Crippen LogP contribution in [0, 0.1) is 5.82 Å². The summed E-state index contributed by atoms with van der Waals surface area (Å²) in [6.45, 7) is 5.93. The number of likely N-dealkylation sites (N-methyl/N-ethyl adjacent to an activating group) is 1. The first kappa shape index (κ1) is 31.0. The number of ether oxygens (including phenoxy) is 1. The number of aromatic nitrogens is 3. The molecule has 0 aliphatic carbocycles. The molecule has 0 spiro atoms. The topological polar surface area (TPSA) is 107 Å². The van der Waals surface area contributed by atoms with Gasteiger partial charge in [-0.3, -0.25) is 14.5 Å². The van der Waals surface area contributed by atoms with E-state index < -0.39 is 34.6 Å². The first-order valence-electron chi connectivity index (χ1n) is 14.1. The Bertz CT molecular complexity index is 1630. The van der Waals surface area contributed by atoms with Crippen LogP contribution in [0.4, 0.5) is 34.8 Å². The Kier molecular flexibility index (Phi) is 8.64. The highest BCUT2D eigenvalue weighted by Crippen LogP contribution is 2.37. The van der Waals surface area contributed by atoms with E-state index in [4.69, 9.17) is 4.74 Å². The minimum atomic E-state index is -4.94. The van der Waals surface area contributed by atoms with Crippen LogP contribution in [0.2, 0.25) is 0 Å². The second-order valence-corrected chi connectivity index (χ2v) is 11.1. The molecule has 2 aliphatic rings. The van der Waals surface area contributed by atoms with Gasteiger partial charge in [-0.2, -0.15) is 13.2 Å². The quantitative estimate of drug-likeness (QED) is 0.393. The molecule has 2 atom stereocenters. The van der Waals surface area contributed by atoms with Crippen molar-refractivity contribution >= 4 is 28.7 Å². The summed E-state index contributed by atoms with van der Waals surface area (Å²) in [4.78, 5) is 41.6. The maximum atomic E-state index is 16.0. The first-order chi connectivity index (χ1) is 20.8. The molecule has 4 heterocycles.